The largest absolute Gasteiger partial charge is 0.496 e. The minimum atomic E-state index is -2.22. The van der Waals surface area contributed by atoms with Gasteiger partial charge < -0.3 is 19.5 Å². The molecule has 1 N–H and O–H groups in total. The van der Waals surface area contributed by atoms with Crippen LogP contribution in [0.2, 0.25) is 0 Å². The Bertz CT molecular complexity index is 1260. The van der Waals surface area contributed by atoms with Crippen molar-refractivity contribution in [3.63, 3.8) is 0 Å². The molecule has 0 bridgehead atoms. The second kappa shape index (κ2) is 9.86. The third kappa shape index (κ3) is 4.73. The van der Waals surface area contributed by atoms with Gasteiger partial charge in [0.1, 0.15) is 16.8 Å². The van der Waals surface area contributed by atoms with Crippen molar-refractivity contribution in [2.75, 3.05) is 20.8 Å². The summed E-state index contributed by atoms with van der Waals surface area (Å²) in [7, 11) is 2.86. The summed E-state index contributed by atoms with van der Waals surface area (Å²) in [5, 5.41) is 16.7. The minimum absolute atomic E-state index is 0.180. The summed E-state index contributed by atoms with van der Waals surface area (Å²) in [6, 6.07) is 5.34. The third-order valence-corrected chi connectivity index (χ3v) is 7.55. The fourth-order valence-electron chi connectivity index (χ4n) is 5.15. The number of carbonyl (C=O) groups is 2. The van der Waals surface area contributed by atoms with Gasteiger partial charge in [0.05, 0.1) is 20.3 Å². The summed E-state index contributed by atoms with van der Waals surface area (Å²) in [4.78, 5) is 32.7. The summed E-state index contributed by atoms with van der Waals surface area (Å²) in [5.74, 6) is -1.50. The van der Waals surface area contributed by atoms with E-state index in [1.807, 2.05) is 20.8 Å². The Morgan fingerprint density at radius 3 is 2.57 bits per heavy atom. The molecule has 1 saturated heterocycles. The first kappa shape index (κ1) is 26.7. The molecule has 2 aromatic heterocycles. The number of nitrogens with zero attached hydrogens (tertiary/aromatic N) is 4. The smallest absolute Gasteiger partial charge is 0.331 e. The fourth-order valence-corrected chi connectivity index (χ4v) is 5.98. The van der Waals surface area contributed by atoms with Crippen molar-refractivity contribution in [3.8, 4) is 5.75 Å². The Balaban J connectivity index is 1.93. The van der Waals surface area contributed by atoms with E-state index < -0.39 is 42.2 Å². The highest BCUT2D eigenvalue weighted by atomic mass is 32.1. The number of hydrogen-bond acceptors (Lipinski definition) is 7. The van der Waals surface area contributed by atoms with E-state index in [1.165, 1.54) is 31.3 Å². The maximum atomic E-state index is 16.8. The Hall–Kier alpha value is -3.31. The molecule has 9 nitrogen and oxygen atoms in total. The van der Waals surface area contributed by atoms with Gasteiger partial charge in [0.15, 0.2) is 11.2 Å². The molecule has 3 unspecified atom stereocenters. The van der Waals surface area contributed by atoms with Crippen LogP contribution in [0, 0.1) is 0 Å². The van der Waals surface area contributed by atoms with Crippen LogP contribution >= 0.6 is 11.3 Å². The highest BCUT2D eigenvalue weighted by Crippen LogP contribution is 2.53. The number of carboxylic acid groups (broad SMARTS) is 1. The van der Waals surface area contributed by atoms with Crippen LogP contribution in [-0.2, 0) is 21.5 Å². The Kier molecular flexibility index (Phi) is 7.13. The molecule has 3 heterocycles. The first-order chi connectivity index (χ1) is 17.5. The van der Waals surface area contributed by atoms with Crippen molar-refractivity contribution in [1.29, 1.82) is 0 Å². The van der Waals surface area contributed by atoms with Gasteiger partial charge in [-0.3, -0.25) is 9.48 Å². The van der Waals surface area contributed by atoms with Gasteiger partial charge in [0.2, 0.25) is 0 Å². The molecular formula is C26H31FN4O5S. The lowest BCUT2D eigenvalue weighted by molar-refractivity contribution is -0.150. The molecule has 1 aliphatic heterocycles. The van der Waals surface area contributed by atoms with Crippen LogP contribution in [0.3, 0.4) is 0 Å². The van der Waals surface area contributed by atoms with E-state index in [2.05, 4.69) is 10.1 Å². The maximum Gasteiger partial charge on any atom is 0.331 e. The van der Waals surface area contributed by atoms with Gasteiger partial charge in [-0.05, 0) is 29.2 Å². The Morgan fingerprint density at radius 2 is 2.03 bits per heavy atom. The van der Waals surface area contributed by atoms with E-state index in [0.717, 1.165) is 21.8 Å². The zero-order valence-corrected chi connectivity index (χ0v) is 22.3. The van der Waals surface area contributed by atoms with E-state index in [-0.39, 0.29) is 22.5 Å². The van der Waals surface area contributed by atoms with Crippen LogP contribution in [0.1, 0.15) is 54.2 Å². The molecular weight excluding hydrogens is 499 g/mol. The van der Waals surface area contributed by atoms with Crippen LogP contribution in [0.4, 0.5) is 4.39 Å². The predicted octanol–water partition coefficient (Wildman–Crippen LogP) is 4.11. The Labute approximate surface area is 218 Å². The van der Waals surface area contributed by atoms with Crippen molar-refractivity contribution in [2.24, 2.45) is 0 Å². The number of halogens is 1. The molecule has 11 heteroatoms. The molecule has 1 aliphatic rings. The maximum absolute atomic E-state index is 16.8. The zero-order chi connectivity index (χ0) is 27.0. The number of thiazole rings is 1. The van der Waals surface area contributed by atoms with E-state index in [9.17, 15) is 14.7 Å². The average Bonchev–Trinajstić information content (AvgIpc) is 3.58. The predicted molar refractivity (Wildman–Crippen MR) is 136 cm³/mol. The molecule has 0 spiro atoms. The number of rotatable bonds is 8. The summed E-state index contributed by atoms with van der Waals surface area (Å²) < 4.78 is 29.0. The second-order valence-corrected chi connectivity index (χ2v) is 11.2. The second-order valence-electron chi connectivity index (χ2n) is 10.3. The first-order valence-corrected chi connectivity index (χ1v) is 12.6. The molecule has 37 heavy (non-hydrogen) atoms. The molecule has 0 aliphatic carbocycles. The van der Waals surface area contributed by atoms with Crippen LogP contribution in [0.15, 0.2) is 48.2 Å². The van der Waals surface area contributed by atoms with E-state index in [1.54, 1.807) is 35.8 Å². The molecule has 3 aromatic rings. The number of carboxylic acids is 1. The van der Waals surface area contributed by atoms with Gasteiger partial charge in [-0.25, -0.2) is 14.2 Å². The van der Waals surface area contributed by atoms with Gasteiger partial charge in [-0.2, -0.15) is 5.10 Å². The summed E-state index contributed by atoms with van der Waals surface area (Å²) in [6.07, 6.45) is 4.09. The van der Waals surface area contributed by atoms with E-state index >= 15 is 4.39 Å². The number of aromatic nitrogens is 3. The average molecular weight is 531 g/mol. The highest BCUT2D eigenvalue weighted by molar-refractivity contribution is 7.09. The number of likely N-dealkylation sites (tertiary alicyclic amines) is 1. The van der Waals surface area contributed by atoms with E-state index in [4.69, 9.17) is 9.47 Å². The van der Waals surface area contributed by atoms with Crippen molar-refractivity contribution in [2.45, 2.75) is 56.4 Å². The quantitative estimate of drug-likeness (QED) is 0.467. The topological polar surface area (TPSA) is 107 Å². The number of hydrogen-bond donors (Lipinski definition) is 1. The lowest BCUT2D eigenvalue weighted by atomic mass is 9.85. The molecule has 1 fully saturated rings. The van der Waals surface area contributed by atoms with Crippen LogP contribution in [0.25, 0.3) is 0 Å². The summed E-state index contributed by atoms with van der Waals surface area (Å²) in [5.41, 5.74) is -3.39. The lowest BCUT2D eigenvalue weighted by Crippen LogP contribution is -2.56. The van der Waals surface area contributed by atoms with Gasteiger partial charge in [-0.15, -0.1) is 11.3 Å². The molecule has 1 amide bonds. The number of aliphatic carboxylic acids is 1. The fraction of sp³-hybridized carbons (Fsp3) is 0.462. The van der Waals surface area contributed by atoms with Gasteiger partial charge in [0, 0.05) is 43.1 Å². The lowest BCUT2D eigenvalue weighted by Gasteiger charge is -2.37. The highest BCUT2D eigenvalue weighted by Gasteiger charge is 2.67. The first-order valence-electron chi connectivity index (χ1n) is 11.8. The van der Waals surface area contributed by atoms with E-state index in [0.29, 0.717) is 5.75 Å². The SMILES string of the molecule is COCC1(F)CC(Cn2cccn2)(C(=O)O)N(C(=O)c2ccc(C(C)(C)C)c(OC)c2)C1c1nccs1. The Morgan fingerprint density at radius 1 is 1.27 bits per heavy atom. The monoisotopic (exact) mass is 530 g/mol. The molecule has 198 valence electrons. The van der Waals surface area contributed by atoms with Gasteiger partial charge >= 0.3 is 5.97 Å². The third-order valence-electron chi connectivity index (χ3n) is 6.72. The van der Waals surface area contributed by atoms with Gasteiger partial charge in [-0.1, -0.05) is 26.8 Å². The molecule has 1 aromatic carbocycles. The molecule has 3 atom stereocenters. The molecule has 0 radical (unpaired) electrons. The van der Waals surface area contributed by atoms with Gasteiger partial charge in [0.25, 0.3) is 5.91 Å². The summed E-state index contributed by atoms with van der Waals surface area (Å²) in [6.45, 7) is 5.39. The number of ether oxygens (including phenoxy) is 2. The normalized spacial score (nSPS) is 23.8. The standard InChI is InChI=1S/C26H31FN4O5S/c1-24(2,3)18-8-7-17(13-19(18)36-5)22(32)31-20(21-28-10-12-37-21)25(27,16-35-4)14-26(31,23(33)34)15-30-11-6-9-29-30/h6-13,20H,14-16H2,1-5H3,(H,33,34). The van der Waals surface area contributed by atoms with Crippen LogP contribution in [0.5, 0.6) is 5.75 Å². The zero-order valence-electron chi connectivity index (χ0n) is 21.5. The van der Waals surface area contributed by atoms with Crippen LogP contribution in [-0.4, -0.2) is 68.7 Å². The van der Waals surface area contributed by atoms with Crippen molar-refractivity contribution < 1.29 is 28.6 Å². The molecule has 0 saturated carbocycles. The number of alkyl halides is 1. The molecule has 4 rings (SSSR count). The van der Waals surface area contributed by atoms with Crippen molar-refractivity contribution in [1.82, 2.24) is 19.7 Å². The number of methoxy groups -OCH3 is 2. The van der Waals surface area contributed by atoms with Crippen molar-refractivity contribution in [3.05, 3.63) is 64.4 Å². The summed E-state index contributed by atoms with van der Waals surface area (Å²) >= 11 is 1.16. The number of carbonyl (C=O) groups excluding carboxylic acids is 1. The minimum Gasteiger partial charge on any atom is -0.496 e. The van der Waals surface area contributed by atoms with Crippen molar-refractivity contribution >= 4 is 23.2 Å². The number of amides is 1. The van der Waals surface area contributed by atoms with Crippen LogP contribution < -0.4 is 4.74 Å². The number of benzene rings is 1.